The molecular weight excluding hydrogens is 268 g/mol. The minimum Gasteiger partial charge on any atom is -0.872 e. The van der Waals surface area contributed by atoms with Crippen molar-refractivity contribution in [2.45, 2.75) is 0 Å². The molecule has 0 saturated carbocycles. The summed E-state index contributed by atoms with van der Waals surface area (Å²) < 4.78 is 0. The maximum atomic E-state index is 11.5. The zero-order chi connectivity index (χ0) is 14.5. The number of aromatic nitrogens is 3. The molecule has 10 nitrogen and oxygen atoms in total. The van der Waals surface area contributed by atoms with E-state index in [9.17, 15) is 20.0 Å². The average molecular weight is 275 g/mol. The number of nitro benzene ring substituents is 1. The lowest BCUT2D eigenvalue weighted by Gasteiger charge is -2.08. The first-order valence-electron chi connectivity index (χ1n) is 5.22. The Bertz CT molecular complexity index is 726. The van der Waals surface area contributed by atoms with Crippen LogP contribution < -0.4 is 16.2 Å². The highest BCUT2D eigenvalue weighted by atomic mass is 16.6. The van der Waals surface area contributed by atoms with Crippen molar-refractivity contribution in [1.82, 2.24) is 15.2 Å². The predicted molar refractivity (Wildman–Crippen MR) is 66.4 cm³/mol. The minimum atomic E-state index is -0.662. The van der Waals surface area contributed by atoms with Gasteiger partial charge in [0, 0.05) is 12.1 Å². The van der Waals surface area contributed by atoms with Gasteiger partial charge in [0.15, 0.2) is 5.82 Å². The third-order valence-corrected chi connectivity index (χ3v) is 2.16. The molecule has 20 heavy (non-hydrogen) atoms. The summed E-state index contributed by atoms with van der Waals surface area (Å²) in [5.41, 5.74) is 1.53. The number of hydrazone groups is 1. The van der Waals surface area contributed by atoms with E-state index in [0.717, 1.165) is 24.4 Å². The number of hydrogen-bond acceptors (Lipinski definition) is 8. The summed E-state index contributed by atoms with van der Waals surface area (Å²) in [6.45, 7) is 0. The highest BCUT2D eigenvalue weighted by Gasteiger charge is 2.05. The molecular formula is C10H7N6O4-. The summed E-state index contributed by atoms with van der Waals surface area (Å²) in [6.07, 6.45) is 2.31. The second-order valence-corrected chi connectivity index (χ2v) is 3.52. The van der Waals surface area contributed by atoms with Gasteiger partial charge >= 0.3 is 5.69 Å². The van der Waals surface area contributed by atoms with Crippen molar-refractivity contribution in [3.63, 3.8) is 0 Å². The van der Waals surface area contributed by atoms with Gasteiger partial charge in [0.25, 0.3) is 5.69 Å². The quantitative estimate of drug-likeness (QED) is 0.437. The topological polar surface area (TPSA) is 149 Å². The molecule has 10 heteroatoms. The number of nitrogens with one attached hydrogen (secondary N) is 2. The van der Waals surface area contributed by atoms with Crippen LogP contribution in [0.3, 0.4) is 0 Å². The third kappa shape index (κ3) is 3.13. The highest BCUT2D eigenvalue weighted by Crippen LogP contribution is 2.19. The molecule has 2 N–H and O–H groups in total. The van der Waals surface area contributed by atoms with Gasteiger partial charge in [-0.25, -0.2) is 9.89 Å². The molecule has 0 aliphatic carbocycles. The predicted octanol–water partition coefficient (Wildman–Crippen LogP) is -0.407. The Hall–Kier alpha value is -3.30. The Morgan fingerprint density at radius 1 is 1.45 bits per heavy atom. The van der Waals surface area contributed by atoms with E-state index in [-0.39, 0.29) is 17.1 Å². The van der Waals surface area contributed by atoms with E-state index in [4.69, 9.17) is 0 Å². The van der Waals surface area contributed by atoms with E-state index in [1.54, 1.807) is 0 Å². The maximum absolute atomic E-state index is 11.5. The average Bonchev–Trinajstić information content (AvgIpc) is 2.40. The molecule has 0 aliphatic heterocycles. The molecule has 0 radical (unpaired) electrons. The summed E-state index contributed by atoms with van der Waals surface area (Å²) >= 11 is 0. The van der Waals surface area contributed by atoms with E-state index in [1.165, 1.54) is 6.20 Å². The van der Waals surface area contributed by atoms with Crippen LogP contribution in [0.4, 0.5) is 11.5 Å². The summed E-state index contributed by atoms with van der Waals surface area (Å²) in [4.78, 5) is 24.3. The molecule has 0 spiro atoms. The van der Waals surface area contributed by atoms with Gasteiger partial charge in [-0.2, -0.15) is 15.2 Å². The first-order chi connectivity index (χ1) is 9.56. The van der Waals surface area contributed by atoms with Crippen LogP contribution in [0.5, 0.6) is 5.75 Å². The van der Waals surface area contributed by atoms with Crippen LogP contribution in [-0.4, -0.2) is 26.3 Å². The van der Waals surface area contributed by atoms with E-state index < -0.39 is 16.4 Å². The Morgan fingerprint density at radius 3 is 2.95 bits per heavy atom. The fourth-order valence-corrected chi connectivity index (χ4v) is 1.28. The Morgan fingerprint density at radius 2 is 2.25 bits per heavy atom. The van der Waals surface area contributed by atoms with Gasteiger partial charge in [0.05, 0.1) is 17.3 Å². The van der Waals surface area contributed by atoms with Gasteiger partial charge in [-0.15, -0.1) is 0 Å². The molecule has 1 aromatic heterocycles. The molecule has 0 atom stereocenters. The number of benzene rings is 1. The third-order valence-electron chi connectivity index (χ3n) is 2.16. The molecule has 1 aromatic carbocycles. The second kappa shape index (κ2) is 5.56. The molecule has 2 aromatic rings. The van der Waals surface area contributed by atoms with Crippen molar-refractivity contribution in [2.24, 2.45) is 5.10 Å². The number of nitrogens with zero attached hydrogens (tertiary/aromatic N) is 4. The smallest absolute Gasteiger partial charge is 0.363 e. The lowest BCUT2D eigenvalue weighted by atomic mass is 10.2. The fraction of sp³-hybridized carbons (Fsp3) is 0. The summed E-state index contributed by atoms with van der Waals surface area (Å²) in [7, 11) is 0. The number of hydrogen-bond donors (Lipinski definition) is 2. The van der Waals surface area contributed by atoms with Gasteiger partial charge in [0.1, 0.15) is 0 Å². The largest absolute Gasteiger partial charge is 0.872 e. The Labute approximate surface area is 111 Å². The van der Waals surface area contributed by atoms with Gasteiger partial charge in [-0.05, 0) is 5.56 Å². The molecule has 0 fully saturated rings. The van der Waals surface area contributed by atoms with Gasteiger partial charge in [-0.3, -0.25) is 15.5 Å². The van der Waals surface area contributed by atoms with Crippen molar-refractivity contribution >= 4 is 17.7 Å². The van der Waals surface area contributed by atoms with Crippen molar-refractivity contribution in [1.29, 1.82) is 0 Å². The second-order valence-electron chi connectivity index (χ2n) is 3.52. The molecule has 2 rings (SSSR count). The van der Waals surface area contributed by atoms with Crippen LogP contribution in [0.25, 0.3) is 0 Å². The first kappa shape index (κ1) is 13.1. The number of H-pyrrole nitrogens is 1. The van der Waals surface area contributed by atoms with E-state index in [1.807, 2.05) is 0 Å². The van der Waals surface area contributed by atoms with Crippen LogP contribution in [0.1, 0.15) is 5.56 Å². The van der Waals surface area contributed by atoms with Gasteiger partial charge < -0.3 is 5.11 Å². The monoisotopic (exact) mass is 275 g/mol. The van der Waals surface area contributed by atoms with Gasteiger partial charge in [0.2, 0.25) is 0 Å². The fourth-order valence-electron chi connectivity index (χ4n) is 1.28. The first-order valence-corrected chi connectivity index (χ1v) is 5.22. The summed E-state index contributed by atoms with van der Waals surface area (Å²) in [5.74, 6) is -0.346. The zero-order valence-corrected chi connectivity index (χ0v) is 9.81. The van der Waals surface area contributed by atoms with E-state index in [2.05, 4.69) is 25.7 Å². The van der Waals surface area contributed by atoms with Crippen molar-refractivity contribution in [3.05, 3.63) is 50.6 Å². The molecule has 0 aliphatic rings. The van der Waals surface area contributed by atoms with Crippen molar-refractivity contribution in [2.75, 3.05) is 5.43 Å². The summed E-state index contributed by atoms with van der Waals surface area (Å²) in [6, 6.07) is 3.28. The number of aromatic amines is 1. The van der Waals surface area contributed by atoms with Crippen molar-refractivity contribution < 1.29 is 10.0 Å². The molecule has 0 bridgehead atoms. The molecule has 102 valence electrons. The number of anilines is 1. The van der Waals surface area contributed by atoms with Crippen molar-refractivity contribution in [3.8, 4) is 5.75 Å². The Kier molecular flexibility index (Phi) is 3.65. The molecule has 0 saturated heterocycles. The number of non-ortho nitro benzene ring substituents is 1. The van der Waals surface area contributed by atoms with Crippen LogP contribution >= 0.6 is 0 Å². The molecule has 0 amide bonds. The van der Waals surface area contributed by atoms with Crippen LogP contribution in [0.15, 0.2) is 34.3 Å². The van der Waals surface area contributed by atoms with E-state index in [0.29, 0.717) is 0 Å². The summed E-state index contributed by atoms with van der Waals surface area (Å²) in [5, 5.41) is 31.3. The maximum Gasteiger partial charge on any atom is 0.363 e. The lowest BCUT2D eigenvalue weighted by molar-refractivity contribution is -0.385. The zero-order valence-electron chi connectivity index (χ0n) is 9.81. The lowest BCUT2D eigenvalue weighted by Crippen LogP contribution is -2.13. The Balaban J connectivity index is 2.17. The van der Waals surface area contributed by atoms with E-state index >= 15 is 0 Å². The number of rotatable bonds is 4. The standard InChI is InChI=1S/C10H8N6O4/c17-8-2-1-7(16(19)20)3-6(8)4-11-14-9-5-12-15-10(18)13-9/h1-5,17H,(H2,13,14,15,18)/p-1/b11-4+. The van der Waals surface area contributed by atoms with Crippen LogP contribution in [0, 0.1) is 10.1 Å². The minimum absolute atomic E-state index is 0.0319. The molecule has 1 heterocycles. The SMILES string of the molecule is O=c1nc(N/N=C/c2cc([N+](=O)[O-])ccc2[O-])cn[nH]1. The van der Waals surface area contributed by atoms with Crippen LogP contribution in [-0.2, 0) is 0 Å². The van der Waals surface area contributed by atoms with Gasteiger partial charge in [-0.1, -0.05) is 11.8 Å². The van der Waals surface area contributed by atoms with Crippen LogP contribution in [0.2, 0.25) is 0 Å². The normalized spacial score (nSPS) is 10.6. The molecule has 0 unspecified atom stereocenters. The number of nitro groups is 1. The highest BCUT2D eigenvalue weighted by molar-refractivity contribution is 5.84.